The molecule has 0 aliphatic carbocycles. The van der Waals surface area contributed by atoms with E-state index in [0.717, 1.165) is 10.8 Å². The van der Waals surface area contributed by atoms with E-state index in [9.17, 15) is 9.59 Å². The van der Waals surface area contributed by atoms with Crippen LogP contribution in [0.4, 0.5) is 0 Å². The third-order valence-corrected chi connectivity index (χ3v) is 5.19. The number of hydrogen-bond donors (Lipinski definition) is 1. The third kappa shape index (κ3) is 6.23. The minimum Gasteiger partial charge on any atom is -0.497 e. The van der Waals surface area contributed by atoms with Crippen LogP contribution in [0.2, 0.25) is 0 Å². The van der Waals surface area contributed by atoms with E-state index >= 15 is 0 Å². The zero-order valence-electron chi connectivity index (χ0n) is 19.3. The first-order valence-corrected chi connectivity index (χ1v) is 11.0. The summed E-state index contributed by atoms with van der Waals surface area (Å²) in [7, 11) is 1.56. The van der Waals surface area contributed by atoms with Crippen LogP contribution < -0.4 is 19.6 Å². The first kappa shape index (κ1) is 23.5. The van der Waals surface area contributed by atoms with Gasteiger partial charge >= 0.3 is 5.97 Å². The molecule has 0 saturated heterocycles. The Bertz CT molecular complexity index is 1370. The minimum absolute atomic E-state index is 0.356. The molecule has 176 valence electrons. The van der Waals surface area contributed by atoms with E-state index in [1.807, 2.05) is 42.5 Å². The van der Waals surface area contributed by atoms with Crippen molar-refractivity contribution in [3.05, 3.63) is 102 Å². The molecule has 4 rings (SSSR count). The summed E-state index contributed by atoms with van der Waals surface area (Å²) < 4.78 is 16.3. The largest absolute Gasteiger partial charge is 0.497 e. The van der Waals surface area contributed by atoms with Gasteiger partial charge in [-0.2, -0.15) is 5.10 Å². The smallest absolute Gasteiger partial charge is 0.343 e. The van der Waals surface area contributed by atoms with Crippen molar-refractivity contribution >= 4 is 28.9 Å². The fourth-order valence-corrected chi connectivity index (χ4v) is 3.31. The van der Waals surface area contributed by atoms with E-state index in [0.29, 0.717) is 28.4 Å². The zero-order chi connectivity index (χ0) is 24.6. The molecule has 0 bridgehead atoms. The molecule has 0 spiro atoms. The molecule has 1 N–H and O–H groups in total. The van der Waals surface area contributed by atoms with Crippen molar-refractivity contribution in [3.8, 4) is 17.2 Å². The number of methoxy groups -OCH3 is 1. The lowest BCUT2D eigenvalue weighted by Gasteiger charge is -2.13. The number of ether oxygens (including phenoxy) is 3. The predicted octanol–water partition coefficient (Wildman–Crippen LogP) is 4.99. The lowest BCUT2D eigenvalue weighted by Crippen LogP contribution is -2.33. The number of esters is 1. The molecule has 0 heterocycles. The quantitative estimate of drug-likeness (QED) is 0.171. The Kier molecular flexibility index (Phi) is 7.37. The highest BCUT2D eigenvalue weighted by atomic mass is 16.5. The average molecular weight is 469 g/mol. The van der Waals surface area contributed by atoms with Gasteiger partial charge in [0.1, 0.15) is 17.2 Å². The Hall–Kier alpha value is -4.65. The Morgan fingerprint density at radius 2 is 1.57 bits per heavy atom. The van der Waals surface area contributed by atoms with Gasteiger partial charge in [-0.15, -0.1) is 0 Å². The van der Waals surface area contributed by atoms with Gasteiger partial charge in [-0.3, -0.25) is 4.79 Å². The molecule has 7 heteroatoms. The summed E-state index contributed by atoms with van der Waals surface area (Å²) in [5.41, 5.74) is 3.52. The molecule has 1 atom stereocenters. The Balaban J connectivity index is 1.32. The molecule has 4 aromatic rings. The van der Waals surface area contributed by atoms with Crippen LogP contribution >= 0.6 is 0 Å². The highest BCUT2D eigenvalue weighted by molar-refractivity contribution is 5.91. The predicted molar refractivity (Wildman–Crippen MR) is 134 cm³/mol. The molecule has 4 aromatic carbocycles. The first-order valence-electron chi connectivity index (χ1n) is 11.0. The highest BCUT2D eigenvalue weighted by Gasteiger charge is 2.14. The van der Waals surface area contributed by atoms with Crippen molar-refractivity contribution in [2.75, 3.05) is 7.11 Å². The van der Waals surface area contributed by atoms with Crippen LogP contribution in [0.25, 0.3) is 10.8 Å². The Morgan fingerprint density at radius 1 is 0.829 bits per heavy atom. The van der Waals surface area contributed by atoms with E-state index in [4.69, 9.17) is 14.2 Å². The summed E-state index contributed by atoms with van der Waals surface area (Å²) in [5, 5.41) is 6.12. The number of carbonyl (C=O) groups is 2. The Labute approximate surface area is 202 Å². The van der Waals surface area contributed by atoms with Crippen LogP contribution in [0.5, 0.6) is 17.2 Å². The molecule has 0 saturated carbocycles. The van der Waals surface area contributed by atoms with Gasteiger partial charge in [-0.05, 0) is 71.8 Å². The van der Waals surface area contributed by atoms with Gasteiger partial charge in [0.25, 0.3) is 5.91 Å². The monoisotopic (exact) mass is 468 g/mol. The second-order valence-corrected chi connectivity index (χ2v) is 7.69. The van der Waals surface area contributed by atoms with Gasteiger partial charge in [0, 0.05) is 0 Å². The summed E-state index contributed by atoms with van der Waals surface area (Å²) in [6.07, 6.45) is 0.718. The van der Waals surface area contributed by atoms with E-state index < -0.39 is 18.0 Å². The molecule has 1 amide bonds. The number of amides is 1. The van der Waals surface area contributed by atoms with Gasteiger partial charge in [0.2, 0.25) is 0 Å². The summed E-state index contributed by atoms with van der Waals surface area (Å²) in [6, 6.07) is 27.0. The van der Waals surface area contributed by atoms with Crippen LogP contribution in [0.3, 0.4) is 0 Å². The molecule has 35 heavy (non-hydrogen) atoms. The molecule has 7 nitrogen and oxygen atoms in total. The van der Waals surface area contributed by atoms with Crippen LogP contribution in [0.1, 0.15) is 22.8 Å². The van der Waals surface area contributed by atoms with Crippen molar-refractivity contribution in [1.82, 2.24) is 5.43 Å². The van der Waals surface area contributed by atoms with E-state index in [1.54, 1.807) is 62.6 Å². The number of rotatable bonds is 8. The molecule has 0 aromatic heterocycles. The number of fused-ring (bicyclic) bond motifs is 1. The zero-order valence-corrected chi connectivity index (χ0v) is 19.3. The number of benzene rings is 4. The number of hydrazone groups is 1. The van der Waals surface area contributed by atoms with E-state index in [-0.39, 0.29) is 0 Å². The van der Waals surface area contributed by atoms with Crippen LogP contribution in [0.15, 0.2) is 96.1 Å². The number of carbonyl (C=O) groups excluding carboxylic acids is 2. The van der Waals surface area contributed by atoms with Crippen molar-refractivity contribution in [3.63, 3.8) is 0 Å². The average Bonchev–Trinajstić information content (AvgIpc) is 2.88. The van der Waals surface area contributed by atoms with Crippen LogP contribution in [-0.2, 0) is 4.79 Å². The highest BCUT2D eigenvalue weighted by Crippen LogP contribution is 2.21. The van der Waals surface area contributed by atoms with E-state index in [1.165, 1.54) is 6.21 Å². The maximum absolute atomic E-state index is 12.4. The maximum atomic E-state index is 12.4. The van der Waals surface area contributed by atoms with Crippen molar-refractivity contribution in [2.24, 2.45) is 5.10 Å². The van der Waals surface area contributed by atoms with Crippen LogP contribution in [-0.4, -0.2) is 31.3 Å². The summed E-state index contributed by atoms with van der Waals surface area (Å²) in [5.74, 6) is 0.723. The molecule has 0 aliphatic rings. The molecule has 1 unspecified atom stereocenters. The molecule has 0 radical (unpaired) electrons. The second-order valence-electron chi connectivity index (χ2n) is 7.69. The summed E-state index contributed by atoms with van der Waals surface area (Å²) in [6.45, 7) is 1.65. The van der Waals surface area contributed by atoms with Gasteiger partial charge in [-0.1, -0.05) is 42.5 Å². The normalized spacial score (nSPS) is 11.7. The molecular formula is C28H24N2O5. The Morgan fingerprint density at radius 3 is 2.34 bits per heavy atom. The third-order valence-electron chi connectivity index (χ3n) is 5.19. The standard InChI is InChI=1S/C28H24N2O5/c1-19(34-26-15-10-21-7-3-4-8-23(21)17-26)27(31)30-29-18-20-6-5-9-25(16-20)35-28(32)22-11-13-24(33-2)14-12-22/h3-19H,1-2H3,(H,30,31)/b29-18+. The van der Waals surface area contributed by atoms with E-state index in [2.05, 4.69) is 10.5 Å². The maximum Gasteiger partial charge on any atom is 0.343 e. The van der Waals surface area contributed by atoms with Crippen molar-refractivity contribution < 1.29 is 23.8 Å². The summed E-state index contributed by atoms with van der Waals surface area (Å²) >= 11 is 0. The first-order chi connectivity index (χ1) is 17.0. The van der Waals surface area contributed by atoms with Crippen molar-refractivity contribution in [1.29, 1.82) is 0 Å². The van der Waals surface area contributed by atoms with Gasteiger partial charge < -0.3 is 14.2 Å². The molecule has 0 aliphatic heterocycles. The molecular weight excluding hydrogens is 444 g/mol. The SMILES string of the molecule is COc1ccc(C(=O)Oc2cccc(/C=N/NC(=O)C(C)Oc3ccc4ccccc4c3)c2)cc1. The number of nitrogens with zero attached hydrogens (tertiary/aromatic N) is 1. The lowest BCUT2D eigenvalue weighted by molar-refractivity contribution is -0.127. The fourth-order valence-electron chi connectivity index (χ4n) is 3.31. The second kappa shape index (κ2) is 11.0. The minimum atomic E-state index is -0.745. The summed E-state index contributed by atoms with van der Waals surface area (Å²) in [4.78, 5) is 24.7. The van der Waals surface area contributed by atoms with Gasteiger partial charge in [-0.25, -0.2) is 10.2 Å². The van der Waals surface area contributed by atoms with Crippen molar-refractivity contribution in [2.45, 2.75) is 13.0 Å². The fraction of sp³-hybridized carbons (Fsp3) is 0.107. The van der Waals surface area contributed by atoms with Crippen LogP contribution in [0, 0.1) is 0 Å². The lowest BCUT2D eigenvalue weighted by atomic mass is 10.1. The van der Waals surface area contributed by atoms with Gasteiger partial charge in [0.05, 0.1) is 18.9 Å². The topological polar surface area (TPSA) is 86.2 Å². The van der Waals surface area contributed by atoms with Gasteiger partial charge in [0.15, 0.2) is 6.10 Å². The number of nitrogens with one attached hydrogen (secondary N) is 1. The molecule has 0 fully saturated rings. The number of hydrogen-bond acceptors (Lipinski definition) is 6.